The maximum atomic E-state index is 12.9. The fourth-order valence-corrected chi connectivity index (χ4v) is 4.35. The minimum atomic E-state index is -0.705. The Hall–Kier alpha value is -2.07. The largest absolute Gasteiger partial charge is 0.489 e. The van der Waals surface area contributed by atoms with Crippen molar-refractivity contribution in [1.82, 2.24) is 14.8 Å². The molecule has 0 bridgehead atoms. The molecule has 178 valence electrons. The highest BCUT2D eigenvalue weighted by Gasteiger charge is 2.36. The van der Waals surface area contributed by atoms with Crippen LogP contribution in [0.4, 0.5) is 4.79 Å². The number of hydrogen-bond acceptors (Lipinski definition) is 6. The lowest BCUT2D eigenvalue weighted by Crippen LogP contribution is -2.58. The fraction of sp³-hybridized carbons (Fsp3) is 0.682. The van der Waals surface area contributed by atoms with E-state index in [4.69, 9.17) is 14.2 Å². The minimum Gasteiger partial charge on any atom is -0.489 e. The smallest absolute Gasteiger partial charge is 0.411 e. The highest BCUT2D eigenvalue weighted by molar-refractivity contribution is 9.10. The summed E-state index contributed by atoms with van der Waals surface area (Å²) >= 11 is 3.44. The Morgan fingerprint density at radius 1 is 1.22 bits per heavy atom. The second-order valence-corrected chi connectivity index (χ2v) is 10.2. The van der Waals surface area contributed by atoms with Crippen LogP contribution in [0.15, 0.2) is 21.5 Å². The van der Waals surface area contributed by atoms with Crippen LogP contribution in [0.1, 0.15) is 46.5 Å². The standard InChI is InChI=1S/C22H32BrN3O6/c1-22(2,3)32-21(29)26-9-10-30-13-17(26)20(28)24-14-5-7-15(8-6-14)31-18-11-19(27)25(4)12-16(18)23/h11-12,14-15,17H,5-10,13H2,1-4H3,(H,24,28)/t14?,15?,17-/m0/s1. The molecule has 10 heteroatoms. The van der Waals surface area contributed by atoms with Gasteiger partial charge < -0.3 is 24.1 Å². The van der Waals surface area contributed by atoms with Gasteiger partial charge in [-0.15, -0.1) is 0 Å². The molecule has 1 saturated heterocycles. The number of halogens is 1. The topological polar surface area (TPSA) is 99.1 Å². The summed E-state index contributed by atoms with van der Waals surface area (Å²) in [6.45, 7) is 6.25. The summed E-state index contributed by atoms with van der Waals surface area (Å²) in [5, 5.41) is 3.06. The van der Waals surface area contributed by atoms with E-state index in [0.29, 0.717) is 18.9 Å². The zero-order valence-corrected chi connectivity index (χ0v) is 20.6. The molecule has 3 rings (SSSR count). The average molecular weight is 514 g/mol. The molecule has 0 aromatic carbocycles. The van der Waals surface area contributed by atoms with Gasteiger partial charge in [-0.3, -0.25) is 14.5 Å². The SMILES string of the molecule is Cn1cc(Br)c(OC2CCC(NC(=O)[C@@H]3COCCN3C(=O)OC(C)(C)C)CC2)cc1=O. The summed E-state index contributed by atoms with van der Waals surface area (Å²) < 4.78 is 19.1. The van der Waals surface area contributed by atoms with E-state index in [1.165, 1.54) is 15.5 Å². The van der Waals surface area contributed by atoms with Crippen molar-refractivity contribution in [3.05, 3.63) is 27.1 Å². The summed E-state index contributed by atoms with van der Waals surface area (Å²) in [5.74, 6) is 0.308. The highest BCUT2D eigenvalue weighted by Crippen LogP contribution is 2.28. The Labute approximate surface area is 196 Å². The van der Waals surface area contributed by atoms with Crippen molar-refractivity contribution in [2.45, 2.75) is 70.2 Å². The number of hydrogen-bond donors (Lipinski definition) is 1. The summed E-state index contributed by atoms with van der Waals surface area (Å²) in [5.41, 5.74) is -0.763. The van der Waals surface area contributed by atoms with Crippen LogP contribution < -0.4 is 15.6 Å². The number of nitrogens with one attached hydrogen (secondary N) is 1. The maximum Gasteiger partial charge on any atom is 0.411 e. The Balaban J connectivity index is 1.52. The molecule has 2 aliphatic rings. The first-order valence-corrected chi connectivity index (χ1v) is 11.7. The van der Waals surface area contributed by atoms with Gasteiger partial charge in [-0.05, 0) is 62.4 Å². The summed E-state index contributed by atoms with van der Waals surface area (Å²) in [4.78, 5) is 38.8. The Bertz CT molecular complexity index is 889. The van der Waals surface area contributed by atoms with Gasteiger partial charge in [0.1, 0.15) is 17.4 Å². The Morgan fingerprint density at radius 3 is 2.56 bits per heavy atom. The zero-order valence-electron chi connectivity index (χ0n) is 19.1. The van der Waals surface area contributed by atoms with E-state index in [1.54, 1.807) is 34.0 Å². The Morgan fingerprint density at radius 2 is 1.91 bits per heavy atom. The van der Waals surface area contributed by atoms with Gasteiger partial charge in [-0.2, -0.15) is 0 Å². The number of aromatic nitrogens is 1. The number of aryl methyl sites for hydroxylation is 1. The van der Waals surface area contributed by atoms with Gasteiger partial charge in [0.05, 0.1) is 23.8 Å². The van der Waals surface area contributed by atoms with Gasteiger partial charge in [0, 0.05) is 31.9 Å². The van der Waals surface area contributed by atoms with Crippen LogP contribution in [0.5, 0.6) is 5.75 Å². The number of pyridine rings is 1. The number of morpholine rings is 1. The molecule has 0 radical (unpaired) electrons. The Kier molecular flexibility index (Phi) is 7.87. The summed E-state index contributed by atoms with van der Waals surface area (Å²) in [6.07, 6.45) is 4.16. The molecule has 2 fully saturated rings. The second kappa shape index (κ2) is 10.2. The lowest BCUT2D eigenvalue weighted by molar-refractivity contribution is -0.133. The van der Waals surface area contributed by atoms with Crippen molar-refractivity contribution in [2.24, 2.45) is 7.05 Å². The van der Waals surface area contributed by atoms with Gasteiger partial charge in [-0.1, -0.05) is 0 Å². The quantitative estimate of drug-likeness (QED) is 0.664. The third-order valence-corrected chi connectivity index (χ3v) is 6.11. The van der Waals surface area contributed by atoms with Crippen LogP contribution in [0, 0.1) is 0 Å². The number of carbonyl (C=O) groups is 2. The van der Waals surface area contributed by atoms with Crippen LogP contribution in [-0.4, -0.2) is 65.0 Å². The first-order valence-electron chi connectivity index (χ1n) is 10.9. The number of ether oxygens (including phenoxy) is 3. The third kappa shape index (κ3) is 6.48. The van der Waals surface area contributed by atoms with Crippen LogP contribution in [0.25, 0.3) is 0 Å². The lowest BCUT2D eigenvalue weighted by atomic mass is 9.92. The van der Waals surface area contributed by atoms with E-state index in [-0.39, 0.29) is 30.2 Å². The molecule has 1 aromatic rings. The van der Waals surface area contributed by atoms with Crippen LogP contribution in [-0.2, 0) is 21.3 Å². The molecule has 0 spiro atoms. The molecule has 9 nitrogen and oxygen atoms in total. The van der Waals surface area contributed by atoms with Crippen molar-refractivity contribution < 1.29 is 23.8 Å². The van der Waals surface area contributed by atoms with E-state index in [1.807, 2.05) is 0 Å². The van der Waals surface area contributed by atoms with Gasteiger partial charge in [0.2, 0.25) is 5.91 Å². The second-order valence-electron chi connectivity index (χ2n) is 9.30. The van der Waals surface area contributed by atoms with Gasteiger partial charge in [-0.25, -0.2) is 4.79 Å². The molecule has 2 heterocycles. The summed E-state index contributed by atoms with van der Waals surface area (Å²) in [6, 6.07) is 0.771. The molecular weight excluding hydrogens is 482 g/mol. The molecule has 0 unspecified atom stereocenters. The van der Waals surface area contributed by atoms with Crippen molar-refractivity contribution in [3.63, 3.8) is 0 Å². The van der Waals surface area contributed by atoms with Crippen LogP contribution in [0.2, 0.25) is 0 Å². The number of nitrogens with zero attached hydrogens (tertiary/aromatic N) is 2. The van der Waals surface area contributed by atoms with E-state index in [0.717, 1.165) is 30.2 Å². The lowest BCUT2D eigenvalue weighted by Gasteiger charge is -2.37. The maximum absolute atomic E-state index is 12.9. The minimum absolute atomic E-state index is 0.00292. The van der Waals surface area contributed by atoms with Crippen LogP contribution >= 0.6 is 15.9 Å². The monoisotopic (exact) mass is 513 g/mol. The molecule has 1 N–H and O–H groups in total. The van der Waals surface area contributed by atoms with Crippen molar-refractivity contribution in [2.75, 3.05) is 19.8 Å². The molecule has 2 amide bonds. The van der Waals surface area contributed by atoms with Gasteiger partial charge in [0.15, 0.2) is 0 Å². The first kappa shape index (κ1) is 24.6. The van der Waals surface area contributed by atoms with Crippen molar-refractivity contribution in [3.8, 4) is 5.75 Å². The molecule has 32 heavy (non-hydrogen) atoms. The molecule has 1 saturated carbocycles. The van der Waals surface area contributed by atoms with Crippen LogP contribution in [0.3, 0.4) is 0 Å². The first-order chi connectivity index (χ1) is 15.0. The van der Waals surface area contributed by atoms with Gasteiger partial charge >= 0.3 is 6.09 Å². The third-order valence-electron chi connectivity index (χ3n) is 5.52. The number of amides is 2. The number of rotatable bonds is 4. The molecular formula is C22H32BrN3O6. The molecule has 1 aliphatic carbocycles. The normalized spacial score (nSPS) is 24.0. The van der Waals surface area contributed by atoms with E-state index in [9.17, 15) is 14.4 Å². The molecule has 1 atom stereocenters. The zero-order chi connectivity index (χ0) is 23.5. The molecule has 1 aliphatic heterocycles. The predicted molar refractivity (Wildman–Crippen MR) is 122 cm³/mol. The van der Waals surface area contributed by atoms with E-state index >= 15 is 0 Å². The van der Waals surface area contributed by atoms with E-state index < -0.39 is 17.7 Å². The summed E-state index contributed by atoms with van der Waals surface area (Å²) in [7, 11) is 1.69. The number of carbonyl (C=O) groups excluding carboxylic acids is 2. The van der Waals surface area contributed by atoms with Gasteiger partial charge in [0.25, 0.3) is 5.56 Å². The predicted octanol–water partition coefficient (Wildman–Crippen LogP) is 2.59. The molecule has 1 aromatic heterocycles. The average Bonchev–Trinajstić information content (AvgIpc) is 2.72. The fourth-order valence-electron chi connectivity index (χ4n) is 3.83. The van der Waals surface area contributed by atoms with Crippen molar-refractivity contribution >= 4 is 27.9 Å². The van der Waals surface area contributed by atoms with Crippen molar-refractivity contribution in [1.29, 1.82) is 0 Å². The highest BCUT2D eigenvalue weighted by atomic mass is 79.9. The van der Waals surface area contributed by atoms with E-state index in [2.05, 4.69) is 21.2 Å².